The topological polar surface area (TPSA) is 37.3 Å². The highest BCUT2D eigenvalue weighted by Gasteiger charge is 2.12. The molecule has 0 aliphatic heterocycles. The van der Waals surface area contributed by atoms with Crippen molar-refractivity contribution < 1.29 is 9.90 Å². The lowest BCUT2D eigenvalue weighted by Crippen LogP contribution is -2.02. The minimum Gasteiger partial charge on any atom is -0.478 e. The molecule has 0 amide bonds. The van der Waals surface area contributed by atoms with E-state index in [1.165, 1.54) is 30.0 Å². The molecule has 2 aromatic carbocycles. The molecule has 1 N–H and O–H groups in total. The molecule has 0 heterocycles. The molecule has 0 saturated heterocycles. The fourth-order valence-corrected chi connectivity index (χ4v) is 3.07. The summed E-state index contributed by atoms with van der Waals surface area (Å²) in [5.74, 6) is -0.955. The van der Waals surface area contributed by atoms with Gasteiger partial charge >= 0.3 is 5.97 Å². The van der Waals surface area contributed by atoms with E-state index in [4.69, 9.17) is 16.7 Å². The first kappa shape index (κ1) is 13.2. The van der Waals surface area contributed by atoms with Crippen LogP contribution in [0.3, 0.4) is 0 Å². The zero-order chi connectivity index (χ0) is 14.1. The summed E-state index contributed by atoms with van der Waals surface area (Å²) in [4.78, 5) is 10.9. The Morgan fingerprint density at radius 1 is 1.00 bits per heavy atom. The Balaban J connectivity index is 2.02. The highest BCUT2D eigenvalue weighted by molar-refractivity contribution is 6.33. The Kier molecular flexibility index (Phi) is 3.49. The van der Waals surface area contributed by atoms with Crippen LogP contribution in [0.15, 0.2) is 36.4 Å². The van der Waals surface area contributed by atoms with Gasteiger partial charge in [0.25, 0.3) is 0 Å². The van der Waals surface area contributed by atoms with E-state index in [0.717, 1.165) is 24.0 Å². The Bertz CT molecular complexity index is 677. The summed E-state index contributed by atoms with van der Waals surface area (Å²) in [5, 5.41) is 9.46. The second-order valence-corrected chi connectivity index (χ2v) is 5.60. The lowest BCUT2D eigenvalue weighted by molar-refractivity contribution is 0.0697. The number of halogens is 1. The lowest BCUT2D eigenvalue weighted by atomic mass is 9.89. The molecule has 102 valence electrons. The lowest BCUT2D eigenvalue weighted by Gasteiger charge is -2.17. The van der Waals surface area contributed by atoms with Crippen LogP contribution in [0.2, 0.25) is 5.02 Å². The fraction of sp³-hybridized carbons (Fsp3) is 0.235. The molecular weight excluding hydrogens is 272 g/mol. The van der Waals surface area contributed by atoms with Crippen LogP contribution in [0.5, 0.6) is 0 Å². The number of carboxylic acid groups (broad SMARTS) is 1. The smallest absolute Gasteiger partial charge is 0.335 e. The minimum atomic E-state index is -0.955. The Morgan fingerprint density at radius 2 is 1.75 bits per heavy atom. The van der Waals surface area contributed by atoms with Crippen LogP contribution >= 0.6 is 11.6 Å². The molecule has 0 bridgehead atoms. The van der Waals surface area contributed by atoms with Crippen LogP contribution in [-0.2, 0) is 12.8 Å². The van der Waals surface area contributed by atoms with Crippen molar-refractivity contribution >= 4 is 17.6 Å². The third-order valence-corrected chi connectivity index (χ3v) is 4.19. The van der Waals surface area contributed by atoms with Gasteiger partial charge in [0.1, 0.15) is 0 Å². The number of carbonyl (C=O) groups is 1. The molecule has 0 aromatic heterocycles. The van der Waals surface area contributed by atoms with Gasteiger partial charge in [0.15, 0.2) is 0 Å². The summed E-state index contributed by atoms with van der Waals surface area (Å²) >= 11 is 6.23. The Hall–Kier alpha value is -1.80. The van der Waals surface area contributed by atoms with Gasteiger partial charge in [-0.15, -0.1) is 0 Å². The normalized spacial score (nSPS) is 13.8. The van der Waals surface area contributed by atoms with Gasteiger partial charge in [0, 0.05) is 10.6 Å². The summed E-state index contributed by atoms with van der Waals surface area (Å²) < 4.78 is 0. The average molecular weight is 287 g/mol. The van der Waals surface area contributed by atoms with Crippen molar-refractivity contribution in [3.8, 4) is 11.1 Å². The fourth-order valence-electron chi connectivity index (χ4n) is 2.78. The number of benzene rings is 2. The van der Waals surface area contributed by atoms with Crippen LogP contribution < -0.4 is 0 Å². The molecule has 0 radical (unpaired) electrons. The molecule has 0 saturated carbocycles. The number of fused-ring (bicyclic) bond motifs is 1. The van der Waals surface area contributed by atoms with Crippen LogP contribution in [0, 0.1) is 0 Å². The number of rotatable bonds is 2. The van der Waals surface area contributed by atoms with Gasteiger partial charge in [-0.25, -0.2) is 4.79 Å². The molecule has 2 nitrogen and oxygen atoms in total. The average Bonchev–Trinajstić information content (AvgIpc) is 2.46. The summed E-state index contributed by atoms with van der Waals surface area (Å²) in [6.07, 6.45) is 4.78. The quantitative estimate of drug-likeness (QED) is 0.877. The minimum absolute atomic E-state index is 0.219. The summed E-state index contributed by atoms with van der Waals surface area (Å²) in [5.41, 5.74) is 5.00. The van der Waals surface area contributed by atoms with E-state index in [0.29, 0.717) is 5.02 Å². The van der Waals surface area contributed by atoms with Crippen LogP contribution in [-0.4, -0.2) is 11.1 Å². The molecule has 0 spiro atoms. The molecule has 3 heteroatoms. The number of hydrogen-bond acceptors (Lipinski definition) is 1. The molecule has 1 aliphatic carbocycles. The van der Waals surface area contributed by atoms with Gasteiger partial charge in [0.05, 0.1) is 5.56 Å². The molecule has 20 heavy (non-hydrogen) atoms. The molecule has 1 aliphatic rings. The van der Waals surface area contributed by atoms with Gasteiger partial charge in [0.2, 0.25) is 0 Å². The third kappa shape index (κ3) is 2.44. The molecule has 0 unspecified atom stereocenters. The molecule has 3 rings (SSSR count). The number of aromatic carboxylic acids is 1. The maximum atomic E-state index is 10.9. The van der Waals surface area contributed by atoms with E-state index in [1.54, 1.807) is 12.1 Å². The maximum Gasteiger partial charge on any atom is 0.335 e. The van der Waals surface area contributed by atoms with Crippen molar-refractivity contribution in [1.82, 2.24) is 0 Å². The second kappa shape index (κ2) is 5.29. The number of hydrogen-bond donors (Lipinski definition) is 1. The molecule has 2 aromatic rings. The first-order valence-corrected chi connectivity index (χ1v) is 7.18. The van der Waals surface area contributed by atoms with Crippen molar-refractivity contribution in [2.24, 2.45) is 0 Å². The highest BCUT2D eigenvalue weighted by Crippen LogP contribution is 2.32. The van der Waals surface area contributed by atoms with E-state index in [1.807, 2.05) is 0 Å². The zero-order valence-electron chi connectivity index (χ0n) is 11.0. The van der Waals surface area contributed by atoms with Crippen LogP contribution in [0.1, 0.15) is 34.3 Å². The predicted octanol–water partition coefficient (Wildman–Crippen LogP) is 4.58. The maximum absolute atomic E-state index is 10.9. The Labute approximate surface area is 123 Å². The van der Waals surface area contributed by atoms with Crippen LogP contribution in [0.4, 0.5) is 0 Å². The highest BCUT2D eigenvalue weighted by atomic mass is 35.5. The first-order chi connectivity index (χ1) is 9.65. The van der Waals surface area contributed by atoms with E-state index in [9.17, 15) is 4.79 Å². The predicted molar refractivity (Wildman–Crippen MR) is 80.5 cm³/mol. The standard InChI is InChI=1S/C17H15ClO2/c18-16-10-14(17(19)20)7-8-15(16)13-6-5-11-3-1-2-4-12(11)9-13/h5-10H,1-4H2,(H,19,20). The number of carboxylic acids is 1. The summed E-state index contributed by atoms with van der Waals surface area (Å²) in [6, 6.07) is 11.3. The number of aryl methyl sites for hydroxylation is 2. The Morgan fingerprint density at radius 3 is 2.45 bits per heavy atom. The van der Waals surface area contributed by atoms with Gasteiger partial charge in [-0.1, -0.05) is 35.9 Å². The van der Waals surface area contributed by atoms with E-state index < -0.39 is 5.97 Å². The van der Waals surface area contributed by atoms with Crippen molar-refractivity contribution in [2.75, 3.05) is 0 Å². The molecule has 0 atom stereocenters. The molecular formula is C17H15ClO2. The van der Waals surface area contributed by atoms with Crippen LogP contribution in [0.25, 0.3) is 11.1 Å². The van der Waals surface area contributed by atoms with E-state index in [-0.39, 0.29) is 5.56 Å². The van der Waals surface area contributed by atoms with E-state index in [2.05, 4.69) is 18.2 Å². The third-order valence-electron chi connectivity index (χ3n) is 3.88. The first-order valence-electron chi connectivity index (χ1n) is 6.80. The monoisotopic (exact) mass is 286 g/mol. The van der Waals surface area contributed by atoms with E-state index >= 15 is 0 Å². The summed E-state index contributed by atoms with van der Waals surface area (Å²) in [7, 11) is 0. The van der Waals surface area contributed by atoms with Gasteiger partial charge < -0.3 is 5.11 Å². The van der Waals surface area contributed by atoms with Gasteiger partial charge in [-0.2, -0.15) is 0 Å². The van der Waals surface area contributed by atoms with Crippen molar-refractivity contribution in [3.05, 3.63) is 58.1 Å². The second-order valence-electron chi connectivity index (χ2n) is 5.19. The largest absolute Gasteiger partial charge is 0.478 e. The molecule has 0 fully saturated rings. The SMILES string of the molecule is O=C(O)c1ccc(-c2ccc3c(c2)CCCC3)c(Cl)c1. The van der Waals surface area contributed by atoms with Crippen molar-refractivity contribution in [1.29, 1.82) is 0 Å². The zero-order valence-corrected chi connectivity index (χ0v) is 11.8. The van der Waals surface area contributed by atoms with Gasteiger partial charge in [-0.05, 0) is 54.5 Å². The van der Waals surface area contributed by atoms with Crippen molar-refractivity contribution in [3.63, 3.8) is 0 Å². The van der Waals surface area contributed by atoms with Gasteiger partial charge in [-0.3, -0.25) is 0 Å². The summed E-state index contributed by atoms with van der Waals surface area (Å²) in [6.45, 7) is 0. The van der Waals surface area contributed by atoms with Crippen molar-refractivity contribution in [2.45, 2.75) is 25.7 Å².